The normalized spacial score (nSPS) is 11.8. The number of hydrogen-bond acceptors (Lipinski definition) is 4. The number of rotatable bonds is 4. The Morgan fingerprint density at radius 2 is 2.50 bits per heavy atom. The standard InChI is InChI=1S/C10H13N3O/c1-8(14)2-4-12-9-3-5-13-10(6-9)7-11/h3,5-6,8,14H,2,4H2,1H3,(H,12,13). The molecule has 0 aromatic carbocycles. The van der Waals surface area contributed by atoms with Crippen LogP contribution in [0.4, 0.5) is 5.69 Å². The first-order chi connectivity index (χ1) is 6.72. The van der Waals surface area contributed by atoms with Gasteiger partial charge in [-0.15, -0.1) is 0 Å². The summed E-state index contributed by atoms with van der Waals surface area (Å²) in [5.74, 6) is 0. The molecule has 1 aromatic rings. The molecule has 1 unspecified atom stereocenters. The van der Waals surface area contributed by atoms with Gasteiger partial charge in [0.1, 0.15) is 11.8 Å². The molecule has 0 amide bonds. The van der Waals surface area contributed by atoms with Crippen LogP contribution in [0.15, 0.2) is 18.3 Å². The van der Waals surface area contributed by atoms with E-state index in [-0.39, 0.29) is 6.10 Å². The van der Waals surface area contributed by atoms with Gasteiger partial charge in [-0.1, -0.05) is 0 Å². The Morgan fingerprint density at radius 3 is 3.14 bits per heavy atom. The Labute approximate surface area is 83.2 Å². The second-order valence-corrected chi connectivity index (χ2v) is 3.11. The molecule has 0 aliphatic rings. The van der Waals surface area contributed by atoms with Crippen molar-refractivity contribution in [3.63, 3.8) is 0 Å². The van der Waals surface area contributed by atoms with Gasteiger partial charge in [-0.05, 0) is 25.5 Å². The average Bonchev–Trinajstić information content (AvgIpc) is 2.18. The molecule has 0 aliphatic heterocycles. The molecule has 0 radical (unpaired) electrons. The number of nitriles is 1. The fourth-order valence-electron chi connectivity index (χ4n) is 1.03. The molecular formula is C10H13N3O. The lowest BCUT2D eigenvalue weighted by atomic mass is 10.2. The second-order valence-electron chi connectivity index (χ2n) is 3.11. The number of aliphatic hydroxyl groups excluding tert-OH is 1. The van der Waals surface area contributed by atoms with Crippen molar-refractivity contribution >= 4 is 5.69 Å². The number of aromatic nitrogens is 1. The molecule has 1 aromatic heterocycles. The topological polar surface area (TPSA) is 68.9 Å². The molecular weight excluding hydrogens is 178 g/mol. The fraction of sp³-hybridized carbons (Fsp3) is 0.400. The van der Waals surface area contributed by atoms with E-state index in [1.54, 1.807) is 25.3 Å². The van der Waals surface area contributed by atoms with E-state index in [9.17, 15) is 0 Å². The van der Waals surface area contributed by atoms with E-state index in [0.29, 0.717) is 18.7 Å². The smallest absolute Gasteiger partial charge is 0.142 e. The molecule has 0 saturated heterocycles. The van der Waals surface area contributed by atoms with Gasteiger partial charge in [0.25, 0.3) is 0 Å². The lowest BCUT2D eigenvalue weighted by Crippen LogP contribution is -2.09. The van der Waals surface area contributed by atoms with Gasteiger partial charge in [-0.2, -0.15) is 5.26 Å². The first kappa shape index (κ1) is 10.5. The van der Waals surface area contributed by atoms with Crippen molar-refractivity contribution in [1.29, 1.82) is 5.26 Å². The summed E-state index contributed by atoms with van der Waals surface area (Å²) in [5, 5.41) is 20.7. The fourth-order valence-corrected chi connectivity index (χ4v) is 1.03. The molecule has 0 aliphatic carbocycles. The molecule has 74 valence electrons. The van der Waals surface area contributed by atoms with Crippen molar-refractivity contribution in [3.8, 4) is 6.07 Å². The minimum Gasteiger partial charge on any atom is -0.393 e. The summed E-state index contributed by atoms with van der Waals surface area (Å²) < 4.78 is 0. The van der Waals surface area contributed by atoms with E-state index in [2.05, 4.69) is 10.3 Å². The Kier molecular flexibility index (Phi) is 3.89. The van der Waals surface area contributed by atoms with Crippen LogP contribution in [0.1, 0.15) is 19.0 Å². The van der Waals surface area contributed by atoms with Crippen molar-refractivity contribution in [3.05, 3.63) is 24.0 Å². The molecule has 0 saturated carbocycles. The third-order valence-electron chi connectivity index (χ3n) is 1.77. The zero-order valence-electron chi connectivity index (χ0n) is 8.07. The number of pyridine rings is 1. The van der Waals surface area contributed by atoms with Crippen LogP contribution in [0.25, 0.3) is 0 Å². The Bertz CT molecular complexity index is 330. The highest BCUT2D eigenvalue weighted by atomic mass is 16.3. The molecule has 4 nitrogen and oxygen atoms in total. The van der Waals surface area contributed by atoms with E-state index in [4.69, 9.17) is 10.4 Å². The molecule has 1 rings (SSSR count). The summed E-state index contributed by atoms with van der Waals surface area (Å²) in [5.41, 5.74) is 1.25. The van der Waals surface area contributed by atoms with E-state index >= 15 is 0 Å². The monoisotopic (exact) mass is 191 g/mol. The van der Waals surface area contributed by atoms with Gasteiger partial charge in [-0.3, -0.25) is 0 Å². The van der Waals surface area contributed by atoms with Crippen LogP contribution in [0, 0.1) is 11.3 Å². The second kappa shape index (κ2) is 5.20. The molecule has 1 heterocycles. The van der Waals surface area contributed by atoms with E-state index in [0.717, 1.165) is 5.69 Å². The predicted octanol–water partition coefficient (Wildman–Crippen LogP) is 1.14. The van der Waals surface area contributed by atoms with E-state index in [1.807, 2.05) is 6.07 Å². The van der Waals surface area contributed by atoms with Crippen LogP contribution in [-0.2, 0) is 0 Å². The van der Waals surface area contributed by atoms with Crippen molar-refractivity contribution in [2.45, 2.75) is 19.4 Å². The molecule has 4 heteroatoms. The summed E-state index contributed by atoms with van der Waals surface area (Å²) in [6, 6.07) is 5.44. The minimum atomic E-state index is -0.306. The maximum atomic E-state index is 9.03. The van der Waals surface area contributed by atoms with Crippen molar-refractivity contribution < 1.29 is 5.11 Å². The number of hydrogen-bond donors (Lipinski definition) is 2. The molecule has 0 bridgehead atoms. The first-order valence-electron chi connectivity index (χ1n) is 4.50. The highest BCUT2D eigenvalue weighted by Gasteiger charge is 1.97. The van der Waals surface area contributed by atoms with Crippen LogP contribution in [0.2, 0.25) is 0 Å². The highest BCUT2D eigenvalue weighted by Crippen LogP contribution is 2.07. The van der Waals surface area contributed by atoms with Crippen LogP contribution in [0.3, 0.4) is 0 Å². The van der Waals surface area contributed by atoms with E-state index < -0.39 is 0 Å². The zero-order chi connectivity index (χ0) is 10.4. The van der Waals surface area contributed by atoms with Crippen LogP contribution >= 0.6 is 0 Å². The van der Waals surface area contributed by atoms with E-state index in [1.165, 1.54) is 0 Å². The maximum Gasteiger partial charge on any atom is 0.142 e. The lowest BCUT2D eigenvalue weighted by molar-refractivity contribution is 0.189. The Hall–Kier alpha value is -1.60. The average molecular weight is 191 g/mol. The zero-order valence-corrected chi connectivity index (χ0v) is 8.07. The number of anilines is 1. The number of aliphatic hydroxyl groups is 1. The summed E-state index contributed by atoms with van der Waals surface area (Å²) in [4.78, 5) is 3.85. The third kappa shape index (κ3) is 3.42. The van der Waals surface area contributed by atoms with Crippen molar-refractivity contribution in [1.82, 2.24) is 4.98 Å². The van der Waals surface area contributed by atoms with Crippen LogP contribution in [-0.4, -0.2) is 22.7 Å². The predicted molar refractivity (Wildman–Crippen MR) is 53.7 cm³/mol. The summed E-state index contributed by atoms with van der Waals surface area (Å²) >= 11 is 0. The minimum absolute atomic E-state index is 0.306. The third-order valence-corrected chi connectivity index (χ3v) is 1.77. The highest BCUT2D eigenvalue weighted by molar-refractivity contribution is 5.45. The van der Waals surface area contributed by atoms with Gasteiger partial charge in [-0.25, -0.2) is 4.98 Å². The van der Waals surface area contributed by atoms with Gasteiger partial charge in [0.15, 0.2) is 0 Å². The molecule has 14 heavy (non-hydrogen) atoms. The van der Waals surface area contributed by atoms with Gasteiger partial charge in [0.2, 0.25) is 0 Å². The van der Waals surface area contributed by atoms with Gasteiger partial charge < -0.3 is 10.4 Å². The maximum absolute atomic E-state index is 9.03. The van der Waals surface area contributed by atoms with Gasteiger partial charge in [0.05, 0.1) is 6.10 Å². The van der Waals surface area contributed by atoms with Crippen molar-refractivity contribution in [2.75, 3.05) is 11.9 Å². The van der Waals surface area contributed by atoms with Gasteiger partial charge >= 0.3 is 0 Å². The summed E-state index contributed by atoms with van der Waals surface area (Å²) in [6.07, 6.45) is 1.97. The SMILES string of the molecule is CC(O)CCNc1ccnc(C#N)c1. The van der Waals surface area contributed by atoms with Crippen LogP contribution in [0.5, 0.6) is 0 Å². The summed E-state index contributed by atoms with van der Waals surface area (Å²) in [6.45, 7) is 2.43. The number of nitrogens with one attached hydrogen (secondary N) is 1. The Balaban J connectivity index is 2.47. The quantitative estimate of drug-likeness (QED) is 0.748. The number of nitrogens with zero attached hydrogens (tertiary/aromatic N) is 2. The molecule has 1 atom stereocenters. The molecule has 0 fully saturated rings. The Morgan fingerprint density at radius 1 is 1.71 bits per heavy atom. The van der Waals surface area contributed by atoms with Crippen molar-refractivity contribution in [2.24, 2.45) is 0 Å². The first-order valence-corrected chi connectivity index (χ1v) is 4.50. The van der Waals surface area contributed by atoms with Crippen LogP contribution < -0.4 is 5.32 Å². The van der Waals surface area contributed by atoms with Gasteiger partial charge in [0, 0.05) is 18.4 Å². The largest absolute Gasteiger partial charge is 0.393 e. The lowest BCUT2D eigenvalue weighted by Gasteiger charge is -2.07. The molecule has 2 N–H and O–H groups in total. The molecule has 0 spiro atoms. The summed E-state index contributed by atoms with van der Waals surface area (Å²) in [7, 11) is 0.